The molecule has 5 nitrogen and oxygen atoms in total. The van der Waals surface area contributed by atoms with Crippen LogP contribution < -0.4 is 10.1 Å². The van der Waals surface area contributed by atoms with Crippen molar-refractivity contribution in [3.63, 3.8) is 0 Å². The molecule has 0 saturated heterocycles. The molecule has 1 aromatic rings. The van der Waals surface area contributed by atoms with Crippen molar-refractivity contribution < 1.29 is 9.84 Å². The van der Waals surface area contributed by atoms with Gasteiger partial charge in [-0.2, -0.15) is 0 Å². The summed E-state index contributed by atoms with van der Waals surface area (Å²) in [5.74, 6) is 1.40. The summed E-state index contributed by atoms with van der Waals surface area (Å²) < 4.78 is 5.41. The Bertz CT molecular complexity index is 345. The van der Waals surface area contributed by atoms with Gasteiger partial charge in [0, 0.05) is 12.6 Å². The minimum absolute atomic E-state index is 0.175. The fourth-order valence-electron chi connectivity index (χ4n) is 1.59. The number of anilines is 1. The van der Waals surface area contributed by atoms with Crippen LogP contribution in [0.1, 0.15) is 32.3 Å². The Morgan fingerprint density at radius 2 is 2.18 bits per heavy atom. The topological polar surface area (TPSA) is 67.3 Å². The van der Waals surface area contributed by atoms with Gasteiger partial charge in [-0.1, -0.05) is 6.92 Å². The summed E-state index contributed by atoms with van der Waals surface area (Å²) in [6.07, 6.45) is 3.14. The third-order valence-electron chi connectivity index (χ3n) is 2.63. The predicted octanol–water partition coefficient (Wildman–Crippen LogP) is 1.76. The molecule has 1 unspecified atom stereocenters. The van der Waals surface area contributed by atoms with Gasteiger partial charge in [-0.15, -0.1) is 0 Å². The zero-order chi connectivity index (χ0) is 12.7. The largest absolute Gasteiger partial charge is 0.478 e. The highest BCUT2D eigenvalue weighted by atomic mass is 16.5. The smallest absolute Gasteiger partial charge is 0.221 e. The molecule has 1 aromatic heterocycles. The molecule has 1 atom stereocenters. The highest BCUT2D eigenvalue weighted by Gasteiger charge is 2.11. The quantitative estimate of drug-likeness (QED) is 0.759. The molecule has 0 fully saturated rings. The fourth-order valence-corrected chi connectivity index (χ4v) is 1.59. The molecule has 0 aliphatic rings. The van der Waals surface area contributed by atoms with Crippen molar-refractivity contribution in [2.45, 2.75) is 39.7 Å². The molecule has 0 aliphatic carbocycles. The molecule has 5 heteroatoms. The van der Waals surface area contributed by atoms with Crippen molar-refractivity contribution in [3.8, 4) is 5.88 Å². The van der Waals surface area contributed by atoms with Gasteiger partial charge in [-0.3, -0.25) is 0 Å². The van der Waals surface area contributed by atoms with Crippen molar-refractivity contribution >= 4 is 5.82 Å². The number of aliphatic hydroxyl groups is 1. The highest BCUT2D eigenvalue weighted by molar-refractivity contribution is 5.48. The number of rotatable bonds is 7. The Morgan fingerprint density at radius 3 is 2.76 bits per heavy atom. The Morgan fingerprint density at radius 1 is 1.41 bits per heavy atom. The third-order valence-corrected chi connectivity index (χ3v) is 2.63. The molecule has 1 rings (SSSR count). The molecule has 0 amide bonds. The summed E-state index contributed by atoms with van der Waals surface area (Å²) in [6.45, 7) is 6.70. The lowest BCUT2D eigenvalue weighted by Crippen LogP contribution is -2.21. The number of hydrogen-bond donors (Lipinski definition) is 2. The molecule has 0 aromatic carbocycles. The molecule has 0 bridgehead atoms. The number of nitrogens with one attached hydrogen (secondary N) is 1. The molecule has 1 heterocycles. The lowest BCUT2D eigenvalue weighted by Gasteiger charge is -2.18. The first-order valence-electron chi connectivity index (χ1n) is 6.04. The molecular weight excluding hydrogens is 218 g/mol. The van der Waals surface area contributed by atoms with Crippen molar-refractivity contribution in [1.29, 1.82) is 0 Å². The second-order valence-corrected chi connectivity index (χ2v) is 3.85. The Balaban J connectivity index is 2.79. The number of aliphatic hydroxyl groups excluding tert-OH is 1. The lowest BCUT2D eigenvalue weighted by molar-refractivity contribution is 0.278. The molecular formula is C12H21N3O2. The Kier molecular flexibility index (Phi) is 5.69. The summed E-state index contributed by atoms with van der Waals surface area (Å²) in [6, 6.07) is 0.225. The van der Waals surface area contributed by atoms with Gasteiger partial charge in [-0.05, 0) is 26.7 Å². The number of ether oxygens (including phenoxy) is 1. The predicted molar refractivity (Wildman–Crippen MR) is 67.3 cm³/mol. The zero-order valence-corrected chi connectivity index (χ0v) is 10.7. The summed E-state index contributed by atoms with van der Waals surface area (Å²) in [5.41, 5.74) is 0.908. The molecule has 0 radical (unpaired) electrons. The SMILES string of the molecule is CCOc1ncnc(NC(CC)CCO)c1C. The maximum atomic E-state index is 8.96. The average Bonchev–Trinajstić information content (AvgIpc) is 2.33. The van der Waals surface area contributed by atoms with E-state index in [1.165, 1.54) is 6.33 Å². The van der Waals surface area contributed by atoms with E-state index in [9.17, 15) is 0 Å². The molecule has 96 valence electrons. The van der Waals surface area contributed by atoms with Gasteiger partial charge >= 0.3 is 0 Å². The molecule has 0 saturated carbocycles. The maximum Gasteiger partial charge on any atom is 0.221 e. The molecule has 2 N–H and O–H groups in total. The minimum atomic E-state index is 0.175. The fraction of sp³-hybridized carbons (Fsp3) is 0.667. The monoisotopic (exact) mass is 239 g/mol. The summed E-state index contributed by atoms with van der Waals surface area (Å²) in [4.78, 5) is 8.29. The van der Waals surface area contributed by atoms with Crippen LogP contribution in [-0.4, -0.2) is 34.3 Å². The second-order valence-electron chi connectivity index (χ2n) is 3.85. The van der Waals surface area contributed by atoms with E-state index in [1.54, 1.807) is 0 Å². The Hall–Kier alpha value is -1.36. The summed E-state index contributed by atoms with van der Waals surface area (Å²) in [7, 11) is 0. The second kappa shape index (κ2) is 7.06. The highest BCUT2D eigenvalue weighted by Crippen LogP contribution is 2.21. The molecule has 17 heavy (non-hydrogen) atoms. The van der Waals surface area contributed by atoms with Crippen LogP contribution in [-0.2, 0) is 0 Å². The van der Waals surface area contributed by atoms with Crippen LogP contribution in [0.15, 0.2) is 6.33 Å². The average molecular weight is 239 g/mol. The molecule has 0 aliphatic heterocycles. The van der Waals surface area contributed by atoms with Crippen molar-refractivity contribution in [3.05, 3.63) is 11.9 Å². The van der Waals surface area contributed by atoms with Crippen LogP contribution in [0.25, 0.3) is 0 Å². The first-order valence-corrected chi connectivity index (χ1v) is 6.04. The summed E-state index contributed by atoms with van der Waals surface area (Å²) in [5, 5.41) is 12.3. The van der Waals surface area contributed by atoms with Crippen LogP contribution in [0.4, 0.5) is 5.82 Å². The standard InChI is InChI=1S/C12H21N3O2/c1-4-10(6-7-16)15-11-9(3)12(17-5-2)14-8-13-11/h8,10,16H,4-7H2,1-3H3,(H,13,14,15). The van der Waals surface area contributed by atoms with Crippen molar-refractivity contribution in [1.82, 2.24) is 9.97 Å². The van der Waals surface area contributed by atoms with Gasteiger partial charge in [0.15, 0.2) is 0 Å². The van der Waals surface area contributed by atoms with Crippen LogP contribution in [0.2, 0.25) is 0 Å². The van der Waals surface area contributed by atoms with Gasteiger partial charge < -0.3 is 15.2 Å². The van der Waals surface area contributed by atoms with Crippen LogP contribution in [0, 0.1) is 6.92 Å². The van der Waals surface area contributed by atoms with E-state index in [0.717, 1.165) is 17.8 Å². The number of aromatic nitrogens is 2. The number of nitrogens with zero attached hydrogens (tertiary/aromatic N) is 2. The van der Waals surface area contributed by atoms with E-state index < -0.39 is 0 Å². The van der Waals surface area contributed by atoms with E-state index in [1.807, 2.05) is 13.8 Å². The van der Waals surface area contributed by atoms with E-state index >= 15 is 0 Å². The van der Waals surface area contributed by atoms with E-state index in [4.69, 9.17) is 9.84 Å². The third kappa shape index (κ3) is 3.85. The maximum absolute atomic E-state index is 8.96. The van der Waals surface area contributed by atoms with E-state index in [-0.39, 0.29) is 12.6 Å². The van der Waals surface area contributed by atoms with Gasteiger partial charge in [0.05, 0.1) is 12.2 Å². The minimum Gasteiger partial charge on any atom is -0.478 e. The van der Waals surface area contributed by atoms with Crippen LogP contribution in [0.5, 0.6) is 5.88 Å². The lowest BCUT2D eigenvalue weighted by atomic mass is 10.1. The van der Waals surface area contributed by atoms with Crippen LogP contribution >= 0.6 is 0 Å². The first kappa shape index (κ1) is 13.7. The van der Waals surface area contributed by atoms with E-state index in [0.29, 0.717) is 18.9 Å². The van der Waals surface area contributed by atoms with Crippen molar-refractivity contribution in [2.75, 3.05) is 18.5 Å². The van der Waals surface area contributed by atoms with Crippen LogP contribution in [0.3, 0.4) is 0 Å². The normalized spacial score (nSPS) is 12.2. The van der Waals surface area contributed by atoms with E-state index in [2.05, 4.69) is 22.2 Å². The van der Waals surface area contributed by atoms with Crippen molar-refractivity contribution in [2.24, 2.45) is 0 Å². The van der Waals surface area contributed by atoms with Gasteiger partial charge in [0.25, 0.3) is 0 Å². The summed E-state index contributed by atoms with van der Waals surface area (Å²) >= 11 is 0. The zero-order valence-electron chi connectivity index (χ0n) is 10.7. The van der Waals surface area contributed by atoms with Gasteiger partial charge in [0.1, 0.15) is 12.1 Å². The van der Waals surface area contributed by atoms with Gasteiger partial charge in [-0.25, -0.2) is 9.97 Å². The number of hydrogen-bond acceptors (Lipinski definition) is 5. The Labute approximate surface area is 102 Å². The first-order chi connectivity index (χ1) is 8.22. The van der Waals surface area contributed by atoms with Gasteiger partial charge in [0.2, 0.25) is 5.88 Å². The molecule has 0 spiro atoms.